The Morgan fingerprint density at radius 3 is 3.06 bits per heavy atom. The van der Waals surface area contributed by atoms with E-state index >= 15 is 0 Å². The molecule has 0 bridgehead atoms. The first-order valence-electron chi connectivity index (χ1n) is 6.84. The highest BCUT2D eigenvalue weighted by atomic mass is 16.5. The molecule has 0 fully saturated rings. The number of methoxy groups -OCH3 is 1. The number of fused-ring (bicyclic) bond motifs is 1. The average molecular weight is 245 g/mol. The molecule has 1 aliphatic rings. The summed E-state index contributed by atoms with van der Waals surface area (Å²) in [5, 5.41) is 3.64. The van der Waals surface area contributed by atoms with Gasteiger partial charge in [0.25, 0.3) is 0 Å². The number of allylic oxidation sites excluding steroid dienone is 1. The van der Waals surface area contributed by atoms with Gasteiger partial charge in [0.2, 0.25) is 0 Å². The minimum absolute atomic E-state index is 0.620. The van der Waals surface area contributed by atoms with E-state index in [0.29, 0.717) is 6.04 Å². The summed E-state index contributed by atoms with van der Waals surface area (Å²) < 4.78 is 5.30. The molecule has 98 valence electrons. The van der Waals surface area contributed by atoms with Gasteiger partial charge in [-0.3, -0.25) is 0 Å². The summed E-state index contributed by atoms with van der Waals surface area (Å²) >= 11 is 0. The van der Waals surface area contributed by atoms with Crippen LogP contribution in [-0.4, -0.2) is 19.7 Å². The second kappa shape index (κ2) is 6.60. The minimum atomic E-state index is 0.620. The van der Waals surface area contributed by atoms with E-state index in [0.717, 1.165) is 25.1 Å². The van der Waals surface area contributed by atoms with Gasteiger partial charge in [-0.2, -0.15) is 0 Å². The Morgan fingerprint density at radius 2 is 2.28 bits per heavy atom. The number of nitrogens with one attached hydrogen (secondary N) is 1. The van der Waals surface area contributed by atoms with E-state index in [1.807, 2.05) is 0 Å². The second-order valence-corrected chi connectivity index (χ2v) is 4.89. The molecule has 0 aliphatic heterocycles. The molecule has 1 aromatic carbocycles. The third-order valence-corrected chi connectivity index (χ3v) is 3.62. The lowest BCUT2D eigenvalue weighted by molar-refractivity contribution is 0.411. The van der Waals surface area contributed by atoms with Gasteiger partial charge < -0.3 is 10.1 Å². The highest BCUT2D eigenvalue weighted by molar-refractivity contribution is 5.37. The fourth-order valence-corrected chi connectivity index (χ4v) is 2.57. The van der Waals surface area contributed by atoms with E-state index in [2.05, 4.69) is 42.6 Å². The number of hydrogen-bond donors (Lipinski definition) is 1. The van der Waals surface area contributed by atoms with Crippen LogP contribution >= 0.6 is 0 Å². The van der Waals surface area contributed by atoms with Gasteiger partial charge in [-0.1, -0.05) is 18.2 Å². The van der Waals surface area contributed by atoms with Gasteiger partial charge in [0.1, 0.15) is 5.75 Å². The van der Waals surface area contributed by atoms with Crippen LogP contribution in [0, 0.1) is 0 Å². The number of rotatable bonds is 5. The van der Waals surface area contributed by atoms with Crippen LogP contribution in [0.15, 0.2) is 30.4 Å². The van der Waals surface area contributed by atoms with E-state index in [1.165, 1.54) is 24.0 Å². The van der Waals surface area contributed by atoms with Crippen LogP contribution in [0.4, 0.5) is 0 Å². The Hall–Kier alpha value is -1.28. The zero-order valence-electron chi connectivity index (χ0n) is 11.4. The van der Waals surface area contributed by atoms with Crippen molar-refractivity contribution in [2.75, 3.05) is 13.7 Å². The van der Waals surface area contributed by atoms with Crippen molar-refractivity contribution in [2.45, 2.75) is 38.6 Å². The molecule has 0 radical (unpaired) electrons. The lowest BCUT2D eigenvalue weighted by Crippen LogP contribution is -2.35. The summed E-state index contributed by atoms with van der Waals surface area (Å²) in [6.45, 7) is 3.15. The Morgan fingerprint density at radius 1 is 1.39 bits per heavy atom. The van der Waals surface area contributed by atoms with Crippen LogP contribution in [0.5, 0.6) is 5.75 Å². The molecule has 1 unspecified atom stereocenters. The summed E-state index contributed by atoms with van der Waals surface area (Å²) in [5.41, 5.74) is 2.94. The van der Waals surface area contributed by atoms with Gasteiger partial charge in [-0.15, -0.1) is 0 Å². The maximum Gasteiger partial charge on any atom is 0.119 e. The first kappa shape index (κ1) is 13.2. The molecule has 1 aromatic rings. The van der Waals surface area contributed by atoms with Gasteiger partial charge in [0.15, 0.2) is 0 Å². The predicted molar refractivity (Wildman–Crippen MR) is 76.2 cm³/mol. The smallest absolute Gasteiger partial charge is 0.119 e. The molecule has 1 aliphatic carbocycles. The summed E-state index contributed by atoms with van der Waals surface area (Å²) in [4.78, 5) is 0. The largest absolute Gasteiger partial charge is 0.497 e. The Balaban J connectivity index is 1.91. The molecule has 2 heteroatoms. The van der Waals surface area contributed by atoms with Crippen LogP contribution in [0.1, 0.15) is 30.9 Å². The van der Waals surface area contributed by atoms with E-state index in [9.17, 15) is 0 Å². The van der Waals surface area contributed by atoms with Gasteiger partial charge in [0.05, 0.1) is 7.11 Å². The van der Waals surface area contributed by atoms with E-state index in [4.69, 9.17) is 4.74 Å². The van der Waals surface area contributed by atoms with Crippen LogP contribution < -0.4 is 10.1 Å². The standard InChI is InChI=1S/C16H23NO/c1-3-4-5-10-17-15-8-6-13-7-9-16(18-2)12-14(13)11-15/h3-4,7,9,12,15,17H,5-6,8,10-11H2,1-2H3/b4-3+. The molecule has 0 heterocycles. The highest BCUT2D eigenvalue weighted by Gasteiger charge is 2.18. The van der Waals surface area contributed by atoms with Gasteiger partial charge in [0, 0.05) is 6.04 Å². The van der Waals surface area contributed by atoms with Crippen molar-refractivity contribution in [3.63, 3.8) is 0 Å². The summed E-state index contributed by atoms with van der Waals surface area (Å²) in [6.07, 6.45) is 9.01. The zero-order valence-corrected chi connectivity index (χ0v) is 11.4. The molecule has 0 amide bonds. The normalized spacial score (nSPS) is 18.9. The fourth-order valence-electron chi connectivity index (χ4n) is 2.57. The van der Waals surface area contributed by atoms with Crippen molar-refractivity contribution in [3.05, 3.63) is 41.5 Å². The molecular formula is C16H23NO. The summed E-state index contributed by atoms with van der Waals surface area (Å²) in [5.74, 6) is 0.975. The maximum atomic E-state index is 5.30. The molecular weight excluding hydrogens is 222 g/mol. The first-order chi connectivity index (χ1) is 8.83. The molecule has 0 aromatic heterocycles. The zero-order chi connectivity index (χ0) is 12.8. The van der Waals surface area contributed by atoms with Crippen LogP contribution in [0.25, 0.3) is 0 Å². The van der Waals surface area contributed by atoms with E-state index in [-0.39, 0.29) is 0 Å². The minimum Gasteiger partial charge on any atom is -0.497 e. The quantitative estimate of drug-likeness (QED) is 0.636. The number of aryl methyl sites for hydroxylation is 1. The Labute approximate surface area is 110 Å². The summed E-state index contributed by atoms with van der Waals surface area (Å²) in [7, 11) is 1.73. The maximum absolute atomic E-state index is 5.30. The number of benzene rings is 1. The van der Waals surface area contributed by atoms with Crippen LogP contribution in [0.2, 0.25) is 0 Å². The molecule has 0 spiro atoms. The lowest BCUT2D eigenvalue weighted by atomic mass is 9.88. The van der Waals surface area contributed by atoms with Crippen molar-refractivity contribution >= 4 is 0 Å². The van der Waals surface area contributed by atoms with Crippen molar-refractivity contribution in [2.24, 2.45) is 0 Å². The van der Waals surface area contributed by atoms with Crippen LogP contribution in [0.3, 0.4) is 0 Å². The second-order valence-electron chi connectivity index (χ2n) is 4.89. The van der Waals surface area contributed by atoms with E-state index in [1.54, 1.807) is 7.11 Å². The molecule has 2 nitrogen and oxygen atoms in total. The highest BCUT2D eigenvalue weighted by Crippen LogP contribution is 2.25. The summed E-state index contributed by atoms with van der Waals surface area (Å²) in [6, 6.07) is 7.09. The average Bonchev–Trinajstić information content (AvgIpc) is 2.42. The van der Waals surface area contributed by atoms with Crippen molar-refractivity contribution in [1.29, 1.82) is 0 Å². The molecule has 2 rings (SSSR count). The van der Waals surface area contributed by atoms with Crippen molar-refractivity contribution in [3.8, 4) is 5.75 Å². The topological polar surface area (TPSA) is 21.3 Å². The third kappa shape index (κ3) is 3.36. The molecule has 0 saturated carbocycles. The Kier molecular flexibility index (Phi) is 4.82. The number of hydrogen-bond acceptors (Lipinski definition) is 2. The SMILES string of the molecule is C/C=C/CCNC1CCc2ccc(OC)cc2C1. The Bertz CT molecular complexity index is 412. The monoisotopic (exact) mass is 245 g/mol. The molecule has 1 atom stereocenters. The predicted octanol–water partition coefficient (Wildman–Crippen LogP) is 3.11. The lowest BCUT2D eigenvalue weighted by Gasteiger charge is -2.25. The third-order valence-electron chi connectivity index (χ3n) is 3.62. The van der Waals surface area contributed by atoms with Crippen LogP contribution in [-0.2, 0) is 12.8 Å². The number of ether oxygens (including phenoxy) is 1. The van der Waals surface area contributed by atoms with Crippen molar-refractivity contribution in [1.82, 2.24) is 5.32 Å². The first-order valence-corrected chi connectivity index (χ1v) is 6.84. The molecule has 0 saturated heterocycles. The fraction of sp³-hybridized carbons (Fsp3) is 0.500. The molecule has 18 heavy (non-hydrogen) atoms. The van der Waals surface area contributed by atoms with Gasteiger partial charge in [-0.05, 0) is 62.4 Å². The van der Waals surface area contributed by atoms with Gasteiger partial charge >= 0.3 is 0 Å². The van der Waals surface area contributed by atoms with Gasteiger partial charge in [-0.25, -0.2) is 0 Å². The van der Waals surface area contributed by atoms with Crippen molar-refractivity contribution < 1.29 is 4.74 Å². The molecule has 1 N–H and O–H groups in total. The van der Waals surface area contributed by atoms with E-state index < -0.39 is 0 Å².